The fourth-order valence-electron chi connectivity index (χ4n) is 2.30. The lowest BCUT2D eigenvalue weighted by Gasteiger charge is -2.26. The van der Waals surface area contributed by atoms with Crippen molar-refractivity contribution >= 4 is 11.8 Å². The molecule has 0 bridgehead atoms. The van der Waals surface area contributed by atoms with E-state index in [1.54, 1.807) is 0 Å². The highest BCUT2D eigenvalue weighted by atomic mass is 16.4. The highest BCUT2D eigenvalue weighted by Gasteiger charge is 2.29. The molecule has 0 aromatic rings. The second-order valence-corrected chi connectivity index (χ2v) is 4.25. The normalized spacial score (nSPS) is 20.4. The Bertz CT molecular complexity index is 217. The average molecular weight is 198 g/mol. The maximum atomic E-state index is 11.0. The zero-order chi connectivity index (χ0) is 10.6. The molecule has 1 atom stereocenters. The molecule has 1 N–H and O–H groups in total. The van der Waals surface area contributed by atoms with Crippen LogP contribution in [0.15, 0.2) is 0 Å². The third-order valence-electron chi connectivity index (χ3n) is 3.04. The maximum Gasteiger partial charge on any atom is 0.307 e. The summed E-state index contributed by atoms with van der Waals surface area (Å²) in [6.07, 6.45) is 5.61. The summed E-state index contributed by atoms with van der Waals surface area (Å²) in [7, 11) is 0. The molecule has 0 aromatic carbocycles. The number of aliphatic carboxylic acids is 1. The van der Waals surface area contributed by atoms with Gasteiger partial charge in [0.15, 0.2) is 0 Å². The zero-order valence-electron chi connectivity index (χ0n) is 8.66. The molecule has 1 aliphatic rings. The van der Waals surface area contributed by atoms with Crippen molar-refractivity contribution in [1.29, 1.82) is 0 Å². The molecule has 1 saturated carbocycles. The average Bonchev–Trinajstić information content (AvgIpc) is 2.15. The third kappa shape index (κ3) is 3.13. The zero-order valence-corrected chi connectivity index (χ0v) is 8.66. The van der Waals surface area contributed by atoms with Crippen molar-refractivity contribution in [2.45, 2.75) is 45.4 Å². The number of carboxylic acids is 1. The lowest BCUT2D eigenvalue weighted by atomic mass is 9.78. The minimum Gasteiger partial charge on any atom is -0.481 e. The van der Waals surface area contributed by atoms with Crippen molar-refractivity contribution in [3.05, 3.63) is 0 Å². The Morgan fingerprint density at radius 2 is 1.86 bits per heavy atom. The van der Waals surface area contributed by atoms with Crippen LogP contribution in [0, 0.1) is 11.8 Å². The van der Waals surface area contributed by atoms with Crippen molar-refractivity contribution in [3.63, 3.8) is 0 Å². The molecule has 0 aliphatic heterocycles. The molecular formula is C11H18O3. The summed E-state index contributed by atoms with van der Waals surface area (Å²) >= 11 is 0. The van der Waals surface area contributed by atoms with Gasteiger partial charge in [0.1, 0.15) is 5.78 Å². The van der Waals surface area contributed by atoms with Crippen LogP contribution in [0.5, 0.6) is 0 Å². The van der Waals surface area contributed by atoms with E-state index in [-0.39, 0.29) is 18.1 Å². The summed E-state index contributed by atoms with van der Waals surface area (Å²) in [5, 5.41) is 9.02. The number of hydrogen-bond donors (Lipinski definition) is 1. The Labute approximate surface area is 84.5 Å². The molecule has 1 fully saturated rings. The monoisotopic (exact) mass is 198 g/mol. The first-order valence-corrected chi connectivity index (χ1v) is 5.33. The van der Waals surface area contributed by atoms with Crippen LogP contribution in [0.2, 0.25) is 0 Å². The van der Waals surface area contributed by atoms with E-state index in [0.29, 0.717) is 0 Å². The highest BCUT2D eigenvalue weighted by Crippen LogP contribution is 2.32. The fraction of sp³-hybridized carbons (Fsp3) is 0.818. The fourth-order valence-corrected chi connectivity index (χ4v) is 2.30. The van der Waals surface area contributed by atoms with Crippen LogP contribution >= 0.6 is 0 Å². The van der Waals surface area contributed by atoms with Crippen LogP contribution < -0.4 is 0 Å². The summed E-state index contributed by atoms with van der Waals surface area (Å²) in [6.45, 7) is 1.47. The van der Waals surface area contributed by atoms with Gasteiger partial charge in [0.05, 0.1) is 5.92 Å². The van der Waals surface area contributed by atoms with Crippen LogP contribution in [0.1, 0.15) is 45.4 Å². The van der Waals surface area contributed by atoms with Gasteiger partial charge in [-0.25, -0.2) is 0 Å². The van der Waals surface area contributed by atoms with E-state index in [1.807, 2.05) is 0 Å². The minimum absolute atomic E-state index is 0.0111. The Morgan fingerprint density at radius 3 is 2.29 bits per heavy atom. The molecule has 14 heavy (non-hydrogen) atoms. The molecule has 0 radical (unpaired) electrons. The first-order chi connectivity index (χ1) is 6.61. The summed E-state index contributed by atoms with van der Waals surface area (Å²) in [5.74, 6) is -1.02. The number of ketones is 1. The second kappa shape index (κ2) is 5.13. The lowest BCUT2D eigenvalue weighted by Crippen LogP contribution is -2.27. The number of carbonyl (C=O) groups excluding carboxylic acids is 1. The Kier molecular flexibility index (Phi) is 4.11. The summed E-state index contributed by atoms with van der Waals surface area (Å²) in [6, 6.07) is 0. The van der Waals surface area contributed by atoms with Crippen LogP contribution in [0.3, 0.4) is 0 Å². The lowest BCUT2D eigenvalue weighted by molar-refractivity contribution is -0.146. The Morgan fingerprint density at radius 1 is 1.29 bits per heavy atom. The molecule has 80 valence electrons. The number of rotatable bonds is 4. The molecule has 0 spiro atoms. The molecule has 0 aromatic heterocycles. The topological polar surface area (TPSA) is 54.4 Å². The van der Waals surface area contributed by atoms with E-state index in [2.05, 4.69) is 0 Å². The standard InChI is InChI=1S/C11H18O3/c1-8(12)7-10(11(13)14)9-5-3-2-4-6-9/h9-10H,2-7H2,1H3,(H,13,14). The van der Waals surface area contributed by atoms with E-state index in [4.69, 9.17) is 5.11 Å². The van der Waals surface area contributed by atoms with E-state index >= 15 is 0 Å². The molecule has 3 heteroatoms. The van der Waals surface area contributed by atoms with Crippen molar-refractivity contribution in [3.8, 4) is 0 Å². The first kappa shape index (κ1) is 11.2. The predicted molar refractivity (Wildman–Crippen MR) is 53.0 cm³/mol. The molecule has 0 heterocycles. The number of carboxylic acid groups (broad SMARTS) is 1. The molecular weight excluding hydrogens is 180 g/mol. The van der Waals surface area contributed by atoms with E-state index in [0.717, 1.165) is 25.7 Å². The molecule has 1 unspecified atom stereocenters. The smallest absolute Gasteiger partial charge is 0.307 e. The van der Waals surface area contributed by atoms with Gasteiger partial charge in [-0.15, -0.1) is 0 Å². The molecule has 1 aliphatic carbocycles. The molecule has 0 saturated heterocycles. The quantitative estimate of drug-likeness (QED) is 0.753. The molecule has 1 rings (SSSR count). The minimum atomic E-state index is -0.799. The van der Waals surface area contributed by atoms with Crippen molar-refractivity contribution in [2.24, 2.45) is 11.8 Å². The Balaban J connectivity index is 2.56. The van der Waals surface area contributed by atoms with Gasteiger partial charge in [0.25, 0.3) is 0 Å². The SMILES string of the molecule is CC(=O)CC(C(=O)O)C1CCCCC1. The van der Waals surface area contributed by atoms with Gasteiger partial charge in [-0.2, -0.15) is 0 Å². The van der Waals surface area contributed by atoms with Crippen molar-refractivity contribution < 1.29 is 14.7 Å². The third-order valence-corrected chi connectivity index (χ3v) is 3.04. The maximum absolute atomic E-state index is 11.0. The van der Waals surface area contributed by atoms with Gasteiger partial charge in [0, 0.05) is 6.42 Å². The summed E-state index contributed by atoms with van der Waals surface area (Å²) < 4.78 is 0. The van der Waals surface area contributed by atoms with Crippen molar-refractivity contribution in [1.82, 2.24) is 0 Å². The van der Waals surface area contributed by atoms with Crippen LogP contribution in [-0.2, 0) is 9.59 Å². The number of hydrogen-bond acceptors (Lipinski definition) is 2. The van der Waals surface area contributed by atoms with Crippen molar-refractivity contribution in [2.75, 3.05) is 0 Å². The number of carbonyl (C=O) groups is 2. The number of Topliss-reactive ketones (excluding diaryl/α,β-unsaturated/α-hetero) is 1. The van der Waals surface area contributed by atoms with E-state index in [1.165, 1.54) is 13.3 Å². The predicted octanol–water partition coefficient (Wildman–Crippen LogP) is 2.25. The Hall–Kier alpha value is -0.860. The van der Waals surface area contributed by atoms with Gasteiger partial charge < -0.3 is 9.90 Å². The van der Waals surface area contributed by atoms with Gasteiger partial charge in [-0.3, -0.25) is 4.79 Å². The summed E-state index contributed by atoms with van der Waals surface area (Å²) in [4.78, 5) is 21.9. The van der Waals surface area contributed by atoms with Gasteiger partial charge in [0.2, 0.25) is 0 Å². The van der Waals surface area contributed by atoms with E-state index < -0.39 is 11.9 Å². The summed E-state index contributed by atoms with van der Waals surface area (Å²) in [5.41, 5.74) is 0. The van der Waals surface area contributed by atoms with Crippen LogP contribution in [0.25, 0.3) is 0 Å². The van der Waals surface area contributed by atoms with Crippen LogP contribution in [-0.4, -0.2) is 16.9 Å². The molecule has 3 nitrogen and oxygen atoms in total. The highest BCUT2D eigenvalue weighted by molar-refractivity contribution is 5.82. The van der Waals surface area contributed by atoms with Gasteiger partial charge in [-0.1, -0.05) is 19.3 Å². The second-order valence-electron chi connectivity index (χ2n) is 4.25. The largest absolute Gasteiger partial charge is 0.481 e. The van der Waals surface area contributed by atoms with Crippen LogP contribution in [0.4, 0.5) is 0 Å². The van der Waals surface area contributed by atoms with Gasteiger partial charge in [-0.05, 0) is 25.7 Å². The van der Waals surface area contributed by atoms with Gasteiger partial charge >= 0.3 is 5.97 Å². The molecule has 0 amide bonds. The first-order valence-electron chi connectivity index (χ1n) is 5.33. The van der Waals surface area contributed by atoms with E-state index in [9.17, 15) is 9.59 Å².